The van der Waals surface area contributed by atoms with E-state index in [-0.39, 0.29) is 11.1 Å². The smallest absolute Gasteiger partial charge is 0.209 e. The topological polar surface area (TPSA) is 113 Å². The predicted octanol–water partition coefficient (Wildman–Crippen LogP) is 2.86. The normalized spacial score (nSPS) is 21.6. The van der Waals surface area contributed by atoms with Gasteiger partial charge in [-0.3, -0.25) is 9.98 Å². The van der Waals surface area contributed by atoms with Crippen LogP contribution in [-0.2, 0) is 10.0 Å². The molecule has 4 rings (SSSR count). The summed E-state index contributed by atoms with van der Waals surface area (Å²) < 4.78 is 40.3. The van der Waals surface area contributed by atoms with Crippen molar-refractivity contribution in [2.75, 3.05) is 19.8 Å². The number of fused-ring (bicyclic) bond motifs is 1. The molecule has 1 fully saturated rings. The molecule has 3 N–H and O–H groups in total. The number of amidine groups is 1. The van der Waals surface area contributed by atoms with E-state index < -0.39 is 21.9 Å². The number of aromatic nitrogens is 1. The van der Waals surface area contributed by atoms with E-state index in [4.69, 9.17) is 22.3 Å². The zero-order valence-corrected chi connectivity index (χ0v) is 20.3. The fourth-order valence-corrected chi connectivity index (χ4v) is 5.70. The molecule has 1 saturated heterocycles. The van der Waals surface area contributed by atoms with Crippen LogP contribution in [0.1, 0.15) is 23.0 Å². The molecule has 1 aromatic carbocycles. The van der Waals surface area contributed by atoms with E-state index in [1.165, 1.54) is 23.5 Å². The van der Waals surface area contributed by atoms with Crippen LogP contribution in [0.25, 0.3) is 0 Å². The molecule has 0 aliphatic carbocycles. The first-order valence-corrected chi connectivity index (χ1v) is 13.1. The number of rotatable bonds is 6. The molecule has 174 valence electrons. The number of hydrogen-bond acceptors (Lipinski definition) is 8. The molecule has 2 atom stereocenters. The van der Waals surface area contributed by atoms with Crippen LogP contribution in [0.4, 0.5) is 4.39 Å². The molecular weight excluding hydrogens is 487 g/mol. The largest absolute Gasteiger partial charge is 0.398 e. The molecular formula is C21H22ClFN6O2S2. The van der Waals surface area contributed by atoms with Gasteiger partial charge in [0.2, 0.25) is 10.0 Å². The van der Waals surface area contributed by atoms with Crippen molar-refractivity contribution >= 4 is 45.0 Å². The highest BCUT2D eigenvalue weighted by molar-refractivity contribution is 7.88. The summed E-state index contributed by atoms with van der Waals surface area (Å²) in [6, 6.07) is 3.13. The van der Waals surface area contributed by atoms with Gasteiger partial charge in [-0.2, -0.15) is 0 Å². The first-order valence-electron chi connectivity index (χ1n) is 9.96. The predicted molar refractivity (Wildman–Crippen MR) is 130 cm³/mol. The lowest BCUT2D eigenvalue weighted by molar-refractivity contribution is 0.513. The highest BCUT2D eigenvalue weighted by Gasteiger charge is 2.41. The molecule has 8 nitrogen and oxygen atoms in total. The second kappa shape index (κ2) is 9.34. The van der Waals surface area contributed by atoms with Gasteiger partial charge in [0.05, 0.1) is 6.26 Å². The molecule has 2 aromatic rings. The third-order valence-electron chi connectivity index (χ3n) is 5.24. The third kappa shape index (κ3) is 5.01. The van der Waals surface area contributed by atoms with Crippen LogP contribution in [0, 0.1) is 5.82 Å². The fourth-order valence-electron chi connectivity index (χ4n) is 4.03. The van der Waals surface area contributed by atoms with Crippen molar-refractivity contribution < 1.29 is 12.8 Å². The molecule has 12 heteroatoms. The van der Waals surface area contributed by atoms with Gasteiger partial charge < -0.3 is 10.6 Å². The number of sulfonamides is 1. The molecule has 2 aliphatic rings. The van der Waals surface area contributed by atoms with E-state index in [2.05, 4.69) is 14.7 Å². The van der Waals surface area contributed by atoms with E-state index in [1.54, 1.807) is 31.6 Å². The monoisotopic (exact) mass is 508 g/mol. The van der Waals surface area contributed by atoms with Crippen LogP contribution in [0.2, 0.25) is 5.02 Å². The molecule has 0 bridgehead atoms. The summed E-state index contributed by atoms with van der Waals surface area (Å²) in [5.74, 6) is 0.128. The molecule has 0 unspecified atom stereocenters. The maximum absolute atomic E-state index is 13.8. The Balaban J connectivity index is 1.93. The van der Waals surface area contributed by atoms with Crippen LogP contribution in [-0.4, -0.2) is 56.2 Å². The maximum atomic E-state index is 13.8. The molecule has 0 saturated carbocycles. The number of nitrogens with zero attached hydrogens (tertiary/aromatic N) is 4. The lowest BCUT2D eigenvalue weighted by Gasteiger charge is -2.33. The summed E-state index contributed by atoms with van der Waals surface area (Å²) in [5, 5.41) is 2.73. The van der Waals surface area contributed by atoms with Gasteiger partial charge in [-0.05, 0) is 18.2 Å². The van der Waals surface area contributed by atoms with E-state index in [1.807, 2.05) is 10.3 Å². The lowest BCUT2D eigenvalue weighted by Crippen LogP contribution is -2.39. The van der Waals surface area contributed by atoms with Gasteiger partial charge >= 0.3 is 0 Å². The van der Waals surface area contributed by atoms with Crippen LogP contribution in [0.15, 0.2) is 62.8 Å². The summed E-state index contributed by atoms with van der Waals surface area (Å²) in [7, 11) is -1.80. The Kier molecular flexibility index (Phi) is 6.66. The SMILES string of the molecule is CN=CC=C(N)C1=C2C[C@H](NS(C)(=O)=O)CN2C(c2nccs2)=N[C@H]1c1ccc(F)cc1Cl. The quantitative estimate of drug-likeness (QED) is 0.582. The van der Waals surface area contributed by atoms with E-state index >= 15 is 0 Å². The number of aliphatic imine (C=N–C) groups is 2. The van der Waals surface area contributed by atoms with Crippen molar-refractivity contribution in [2.45, 2.75) is 18.5 Å². The Morgan fingerprint density at radius 1 is 1.45 bits per heavy atom. The average Bonchev–Trinajstić information content (AvgIpc) is 3.39. The number of allylic oxidation sites excluding steroid dienone is 1. The second-order valence-electron chi connectivity index (χ2n) is 7.65. The minimum absolute atomic E-state index is 0.217. The summed E-state index contributed by atoms with van der Waals surface area (Å²) in [6.45, 7) is 0.364. The number of benzene rings is 1. The molecule has 0 spiro atoms. The Bertz CT molecular complexity index is 1290. The van der Waals surface area contributed by atoms with Gasteiger partial charge in [0, 0.05) is 71.4 Å². The molecule has 33 heavy (non-hydrogen) atoms. The van der Waals surface area contributed by atoms with Crippen LogP contribution in [0.5, 0.6) is 0 Å². The van der Waals surface area contributed by atoms with Gasteiger partial charge in [-0.15, -0.1) is 11.3 Å². The first kappa shape index (κ1) is 23.6. The first-order chi connectivity index (χ1) is 15.7. The van der Waals surface area contributed by atoms with E-state index in [0.29, 0.717) is 40.6 Å². The Morgan fingerprint density at radius 3 is 2.88 bits per heavy atom. The number of halogens is 2. The van der Waals surface area contributed by atoms with Crippen molar-refractivity contribution in [3.63, 3.8) is 0 Å². The van der Waals surface area contributed by atoms with E-state index in [9.17, 15) is 12.8 Å². The lowest BCUT2D eigenvalue weighted by atomic mass is 9.92. The summed E-state index contributed by atoms with van der Waals surface area (Å²) >= 11 is 7.85. The molecule has 0 amide bonds. The van der Waals surface area contributed by atoms with Crippen molar-refractivity contribution in [3.8, 4) is 0 Å². The van der Waals surface area contributed by atoms with Gasteiger partial charge in [-0.25, -0.2) is 22.5 Å². The highest BCUT2D eigenvalue weighted by Crippen LogP contribution is 2.43. The van der Waals surface area contributed by atoms with Crippen LogP contribution in [0.3, 0.4) is 0 Å². The molecule has 0 radical (unpaired) electrons. The Hall–Kier alpha value is -2.60. The van der Waals surface area contributed by atoms with Crippen molar-refractivity contribution in [1.29, 1.82) is 0 Å². The Morgan fingerprint density at radius 2 is 2.24 bits per heavy atom. The fraction of sp³-hybridized carbons (Fsp3) is 0.286. The number of thiazole rings is 1. The highest BCUT2D eigenvalue weighted by atomic mass is 35.5. The standard InChI is InChI=1S/C21H22ClFN6O2S2/c1-25-6-5-16(24)18-17-10-13(28-33(2,30)31)11-29(17)20(21-26-7-8-32-21)27-19(18)14-4-3-12(23)9-15(14)22/h3-9,13,19,28H,10-11,24H2,1-2H3/t13-,19-/m0/s1. The van der Waals surface area contributed by atoms with Crippen molar-refractivity contribution in [1.82, 2.24) is 14.6 Å². The third-order valence-corrected chi connectivity index (χ3v) is 7.09. The summed E-state index contributed by atoms with van der Waals surface area (Å²) in [6.07, 6.45) is 6.42. The van der Waals surface area contributed by atoms with Gasteiger partial charge in [0.15, 0.2) is 10.8 Å². The average molecular weight is 509 g/mol. The van der Waals surface area contributed by atoms with Crippen molar-refractivity contribution in [3.05, 3.63) is 74.2 Å². The minimum atomic E-state index is -3.43. The summed E-state index contributed by atoms with van der Waals surface area (Å²) in [4.78, 5) is 15.3. The zero-order valence-electron chi connectivity index (χ0n) is 17.9. The minimum Gasteiger partial charge on any atom is -0.398 e. The molecule has 2 aliphatic heterocycles. The second-order valence-corrected chi connectivity index (χ2v) is 10.7. The van der Waals surface area contributed by atoms with Crippen LogP contribution >= 0.6 is 22.9 Å². The van der Waals surface area contributed by atoms with E-state index in [0.717, 1.165) is 12.0 Å². The number of hydrogen-bond donors (Lipinski definition) is 2. The van der Waals surface area contributed by atoms with Gasteiger partial charge in [0.25, 0.3) is 0 Å². The van der Waals surface area contributed by atoms with Gasteiger partial charge in [-0.1, -0.05) is 17.7 Å². The summed E-state index contributed by atoms with van der Waals surface area (Å²) in [5.41, 5.74) is 8.95. The van der Waals surface area contributed by atoms with Crippen molar-refractivity contribution in [2.24, 2.45) is 15.7 Å². The zero-order chi connectivity index (χ0) is 23.8. The molecule has 3 heterocycles. The number of nitrogens with two attached hydrogens (primary N) is 1. The number of nitrogens with one attached hydrogen (secondary N) is 1. The molecule has 1 aromatic heterocycles. The maximum Gasteiger partial charge on any atom is 0.209 e. The van der Waals surface area contributed by atoms with Crippen LogP contribution < -0.4 is 10.5 Å². The van der Waals surface area contributed by atoms with Gasteiger partial charge in [0.1, 0.15) is 11.9 Å². The Labute approximate surface area is 200 Å².